The van der Waals surface area contributed by atoms with Gasteiger partial charge in [-0.3, -0.25) is 9.59 Å². The predicted octanol–water partition coefficient (Wildman–Crippen LogP) is 3.93. The molecule has 150 valence electrons. The van der Waals surface area contributed by atoms with Crippen LogP contribution in [-0.2, 0) is 22.6 Å². The minimum absolute atomic E-state index is 0.0526. The SMILES string of the molecule is CCCNC(=O)C(C)N(Cc1ccccc1F)C(=O)Cc1cc(C)cc(C)c1. The summed E-state index contributed by atoms with van der Waals surface area (Å²) in [5.41, 5.74) is 3.45. The summed E-state index contributed by atoms with van der Waals surface area (Å²) in [7, 11) is 0. The molecule has 0 aliphatic carbocycles. The maximum Gasteiger partial charge on any atom is 0.242 e. The zero-order valence-corrected chi connectivity index (χ0v) is 17.1. The highest BCUT2D eigenvalue weighted by Crippen LogP contribution is 2.16. The summed E-state index contributed by atoms with van der Waals surface area (Å²) in [6, 6.07) is 11.6. The van der Waals surface area contributed by atoms with Crippen LogP contribution in [0.3, 0.4) is 0 Å². The fourth-order valence-electron chi connectivity index (χ4n) is 3.24. The molecule has 0 saturated carbocycles. The van der Waals surface area contributed by atoms with E-state index in [4.69, 9.17) is 0 Å². The van der Waals surface area contributed by atoms with Gasteiger partial charge in [-0.1, -0.05) is 54.4 Å². The molecule has 0 bridgehead atoms. The Kier molecular flexibility index (Phi) is 7.73. The van der Waals surface area contributed by atoms with Gasteiger partial charge in [-0.05, 0) is 38.8 Å². The summed E-state index contributed by atoms with van der Waals surface area (Å²) in [6.45, 7) is 8.22. The number of hydrogen-bond donors (Lipinski definition) is 1. The molecule has 28 heavy (non-hydrogen) atoms. The Balaban J connectivity index is 2.26. The second-order valence-corrected chi connectivity index (χ2v) is 7.25. The van der Waals surface area contributed by atoms with Crippen molar-refractivity contribution >= 4 is 11.8 Å². The number of hydrogen-bond acceptors (Lipinski definition) is 2. The number of halogens is 1. The molecule has 0 heterocycles. The Bertz CT molecular complexity index is 815. The lowest BCUT2D eigenvalue weighted by Crippen LogP contribution is -2.48. The van der Waals surface area contributed by atoms with Crippen molar-refractivity contribution in [2.24, 2.45) is 0 Å². The fraction of sp³-hybridized carbons (Fsp3) is 0.391. The van der Waals surface area contributed by atoms with E-state index in [1.54, 1.807) is 25.1 Å². The van der Waals surface area contributed by atoms with E-state index in [1.165, 1.54) is 11.0 Å². The summed E-state index contributed by atoms with van der Waals surface area (Å²) in [4.78, 5) is 27.0. The minimum atomic E-state index is -0.690. The van der Waals surface area contributed by atoms with Crippen molar-refractivity contribution in [2.75, 3.05) is 6.54 Å². The van der Waals surface area contributed by atoms with Crippen LogP contribution in [0.4, 0.5) is 4.39 Å². The summed E-state index contributed by atoms with van der Waals surface area (Å²) in [5, 5.41) is 2.82. The standard InChI is InChI=1S/C23H29FN2O2/c1-5-10-25-23(28)18(4)26(15-20-8-6-7-9-21(20)24)22(27)14-19-12-16(2)11-17(3)13-19/h6-9,11-13,18H,5,10,14-15H2,1-4H3,(H,25,28). The summed E-state index contributed by atoms with van der Waals surface area (Å²) in [5.74, 6) is -0.813. The number of benzene rings is 2. The molecule has 5 heteroatoms. The van der Waals surface area contributed by atoms with Gasteiger partial charge in [0.2, 0.25) is 11.8 Å². The highest BCUT2D eigenvalue weighted by molar-refractivity contribution is 5.88. The summed E-state index contributed by atoms with van der Waals surface area (Å²) >= 11 is 0. The topological polar surface area (TPSA) is 49.4 Å². The number of amides is 2. The quantitative estimate of drug-likeness (QED) is 0.750. The van der Waals surface area contributed by atoms with E-state index in [9.17, 15) is 14.0 Å². The molecule has 2 rings (SSSR count). The average Bonchev–Trinajstić information content (AvgIpc) is 2.64. The monoisotopic (exact) mass is 384 g/mol. The first-order valence-corrected chi connectivity index (χ1v) is 9.69. The predicted molar refractivity (Wildman–Crippen MR) is 109 cm³/mol. The van der Waals surface area contributed by atoms with E-state index in [0.717, 1.165) is 23.1 Å². The molecule has 0 fully saturated rings. The van der Waals surface area contributed by atoms with Gasteiger partial charge in [-0.15, -0.1) is 0 Å². The van der Waals surface area contributed by atoms with Crippen molar-refractivity contribution in [3.63, 3.8) is 0 Å². The van der Waals surface area contributed by atoms with Crippen LogP contribution in [0.25, 0.3) is 0 Å². The van der Waals surface area contributed by atoms with Crippen LogP contribution in [-0.4, -0.2) is 29.3 Å². The van der Waals surface area contributed by atoms with Crippen LogP contribution in [0, 0.1) is 19.7 Å². The van der Waals surface area contributed by atoms with Gasteiger partial charge in [0.1, 0.15) is 11.9 Å². The molecule has 1 atom stereocenters. The number of aryl methyl sites for hydroxylation is 2. The van der Waals surface area contributed by atoms with Crippen LogP contribution < -0.4 is 5.32 Å². The molecular formula is C23H29FN2O2. The van der Waals surface area contributed by atoms with Crippen molar-refractivity contribution in [1.29, 1.82) is 0 Å². The van der Waals surface area contributed by atoms with E-state index in [-0.39, 0.29) is 30.6 Å². The van der Waals surface area contributed by atoms with Gasteiger partial charge in [-0.2, -0.15) is 0 Å². The second kappa shape index (κ2) is 10.0. The number of nitrogens with one attached hydrogen (secondary N) is 1. The molecule has 1 unspecified atom stereocenters. The molecule has 2 amide bonds. The largest absolute Gasteiger partial charge is 0.354 e. The zero-order chi connectivity index (χ0) is 20.7. The lowest BCUT2D eigenvalue weighted by atomic mass is 10.0. The molecule has 2 aromatic carbocycles. The first kappa shape index (κ1) is 21.6. The van der Waals surface area contributed by atoms with Crippen molar-refractivity contribution in [1.82, 2.24) is 10.2 Å². The van der Waals surface area contributed by atoms with Crippen LogP contribution in [0.5, 0.6) is 0 Å². The molecule has 4 nitrogen and oxygen atoms in total. The fourth-order valence-corrected chi connectivity index (χ4v) is 3.24. The van der Waals surface area contributed by atoms with Crippen LogP contribution in [0.15, 0.2) is 42.5 Å². The molecule has 0 aromatic heterocycles. The summed E-state index contributed by atoms with van der Waals surface area (Å²) < 4.78 is 14.2. The first-order chi connectivity index (χ1) is 13.3. The Labute approximate surface area is 166 Å². The average molecular weight is 384 g/mol. The minimum Gasteiger partial charge on any atom is -0.354 e. The van der Waals surface area contributed by atoms with Crippen molar-refractivity contribution in [2.45, 2.75) is 53.1 Å². The highest BCUT2D eigenvalue weighted by atomic mass is 19.1. The first-order valence-electron chi connectivity index (χ1n) is 9.69. The third-order valence-corrected chi connectivity index (χ3v) is 4.65. The van der Waals surface area contributed by atoms with E-state index >= 15 is 0 Å². The van der Waals surface area contributed by atoms with Crippen LogP contribution in [0.1, 0.15) is 42.5 Å². The van der Waals surface area contributed by atoms with Crippen molar-refractivity contribution in [3.05, 3.63) is 70.5 Å². The number of rotatable bonds is 8. The van der Waals surface area contributed by atoms with Gasteiger partial charge >= 0.3 is 0 Å². The Morgan fingerprint density at radius 2 is 1.75 bits per heavy atom. The molecular weight excluding hydrogens is 355 g/mol. The lowest BCUT2D eigenvalue weighted by Gasteiger charge is -2.29. The zero-order valence-electron chi connectivity index (χ0n) is 17.1. The molecule has 0 saturated heterocycles. The van der Waals surface area contributed by atoms with E-state index < -0.39 is 6.04 Å². The normalized spacial score (nSPS) is 11.8. The van der Waals surface area contributed by atoms with Gasteiger partial charge in [0.25, 0.3) is 0 Å². The summed E-state index contributed by atoms with van der Waals surface area (Å²) in [6.07, 6.45) is 0.977. The van der Waals surface area contributed by atoms with E-state index in [1.807, 2.05) is 39.0 Å². The Hall–Kier alpha value is -2.69. The molecule has 0 radical (unpaired) electrons. The smallest absolute Gasteiger partial charge is 0.242 e. The molecule has 2 aromatic rings. The van der Waals surface area contributed by atoms with Gasteiger partial charge in [-0.25, -0.2) is 4.39 Å². The van der Waals surface area contributed by atoms with Gasteiger partial charge in [0, 0.05) is 18.7 Å². The Morgan fingerprint density at radius 1 is 1.11 bits per heavy atom. The third kappa shape index (κ3) is 5.91. The molecule has 1 N–H and O–H groups in total. The number of nitrogens with zero attached hydrogens (tertiary/aromatic N) is 1. The second-order valence-electron chi connectivity index (χ2n) is 7.25. The Morgan fingerprint density at radius 3 is 2.36 bits per heavy atom. The maximum absolute atomic E-state index is 14.2. The van der Waals surface area contributed by atoms with Gasteiger partial charge in [0.05, 0.1) is 6.42 Å². The lowest BCUT2D eigenvalue weighted by molar-refractivity contribution is -0.140. The number of carbonyl (C=O) groups excluding carboxylic acids is 2. The third-order valence-electron chi connectivity index (χ3n) is 4.65. The van der Waals surface area contributed by atoms with E-state index in [2.05, 4.69) is 5.32 Å². The van der Waals surface area contributed by atoms with Crippen LogP contribution in [0.2, 0.25) is 0 Å². The van der Waals surface area contributed by atoms with Crippen molar-refractivity contribution < 1.29 is 14.0 Å². The van der Waals surface area contributed by atoms with Gasteiger partial charge in [0.15, 0.2) is 0 Å². The van der Waals surface area contributed by atoms with Gasteiger partial charge < -0.3 is 10.2 Å². The molecule has 0 aliphatic rings. The highest BCUT2D eigenvalue weighted by Gasteiger charge is 2.26. The maximum atomic E-state index is 14.2. The molecule has 0 aliphatic heterocycles. The number of carbonyl (C=O) groups is 2. The van der Waals surface area contributed by atoms with Crippen molar-refractivity contribution in [3.8, 4) is 0 Å². The van der Waals surface area contributed by atoms with Crippen LogP contribution >= 0.6 is 0 Å². The van der Waals surface area contributed by atoms with E-state index in [0.29, 0.717) is 12.1 Å². The molecule has 0 spiro atoms.